The van der Waals surface area contributed by atoms with Gasteiger partial charge in [0.15, 0.2) is 6.23 Å². The van der Waals surface area contributed by atoms with E-state index in [9.17, 15) is 23.6 Å². The molecular weight excluding hydrogens is 261 g/mol. The van der Waals surface area contributed by atoms with Crippen LogP contribution < -0.4 is 16.6 Å². The molecule has 19 heavy (non-hydrogen) atoms. The first-order chi connectivity index (χ1) is 8.86. The number of amides is 1. The van der Waals surface area contributed by atoms with Gasteiger partial charge in [-0.2, -0.15) is 8.96 Å². The van der Waals surface area contributed by atoms with E-state index in [2.05, 4.69) is 11.3 Å². The van der Waals surface area contributed by atoms with Gasteiger partial charge in [0, 0.05) is 12.3 Å². The minimum Gasteiger partial charge on any atom is -0.439 e. The Kier molecular flexibility index (Phi) is 4.35. The van der Waals surface area contributed by atoms with E-state index >= 15 is 0 Å². The molecule has 2 N–H and O–H groups in total. The van der Waals surface area contributed by atoms with Crippen LogP contribution in [0, 0.1) is 5.82 Å². The summed E-state index contributed by atoms with van der Waals surface area (Å²) in [5.41, 5.74) is -2.53. The van der Waals surface area contributed by atoms with Crippen molar-refractivity contribution < 1.29 is 18.7 Å². The lowest BCUT2D eigenvalue weighted by Crippen LogP contribution is -2.49. The molecule has 0 saturated carbocycles. The number of aromatic nitrogens is 2. The van der Waals surface area contributed by atoms with Crippen LogP contribution in [0.15, 0.2) is 28.4 Å². The van der Waals surface area contributed by atoms with Crippen molar-refractivity contribution >= 4 is 12.0 Å². The monoisotopic (exact) mass is 271 g/mol. The zero-order valence-electron chi connectivity index (χ0n) is 9.81. The first kappa shape index (κ1) is 14.4. The van der Waals surface area contributed by atoms with Crippen LogP contribution in [0.25, 0.3) is 0 Å². The number of nitrogens with one attached hydrogen (secondary N) is 2. The van der Waals surface area contributed by atoms with Gasteiger partial charge in [-0.15, -0.1) is 0 Å². The van der Waals surface area contributed by atoms with Crippen molar-refractivity contribution in [3.8, 4) is 0 Å². The van der Waals surface area contributed by atoms with E-state index in [1.807, 2.05) is 10.3 Å². The van der Waals surface area contributed by atoms with Gasteiger partial charge in [0.25, 0.3) is 0 Å². The molecule has 1 aromatic rings. The Morgan fingerprint density at radius 2 is 2.21 bits per heavy atom. The second-order valence-electron chi connectivity index (χ2n) is 3.32. The van der Waals surface area contributed by atoms with Crippen LogP contribution in [0.1, 0.15) is 6.92 Å². The lowest BCUT2D eigenvalue weighted by Gasteiger charge is -2.13. The highest BCUT2D eigenvalue weighted by molar-refractivity contribution is 5.82. The summed E-state index contributed by atoms with van der Waals surface area (Å²) in [5.74, 6) is -2.11. The van der Waals surface area contributed by atoms with E-state index in [0.717, 1.165) is 6.08 Å². The SMILES string of the molecule is C=CC(=O)OC(C)NC(=O)n1c(=O)[nH]cc(F)c1=O. The Balaban J connectivity index is 2.94. The Morgan fingerprint density at radius 1 is 1.58 bits per heavy atom. The number of hydrogen-bond acceptors (Lipinski definition) is 5. The number of carbonyl (C=O) groups is 2. The molecule has 1 amide bonds. The molecule has 9 heteroatoms. The summed E-state index contributed by atoms with van der Waals surface area (Å²) in [6.07, 6.45) is 0.270. The van der Waals surface area contributed by atoms with Crippen molar-refractivity contribution in [2.75, 3.05) is 0 Å². The molecule has 0 spiro atoms. The number of aromatic amines is 1. The van der Waals surface area contributed by atoms with Crippen molar-refractivity contribution in [3.63, 3.8) is 0 Å². The van der Waals surface area contributed by atoms with Crippen LogP contribution in [0.3, 0.4) is 0 Å². The van der Waals surface area contributed by atoms with Gasteiger partial charge in [-0.1, -0.05) is 6.58 Å². The first-order valence-corrected chi connectivity index (χ1v) is 5.01. The van der Waals surface area contributed by atoms with Crippen LogP contribution in [-0.2, 0) is 9.53 Å². The summed E-state index contributed by atoms with van der Waals surface area (Å²) in [6.45, 7) is 4.42. The van der Waals surface area contributed by atoms with Crippen molar-refractivity contribution in [2.45, 2.75) is 13.2 Å². The highest BCUT2D eigenvalue weighted by Gasteiger charge is 2.17. The van der Waals surface area contributed by atoms with Crippen molar-refractivity contribution in [1.82, 2.24) is 14.9 Å². The van der Waals surface area contributed by atoms with Crippen LogP contribution in [-0.4, -0.2) is 27.8 Å². The Morgan fingerprint density at radius 3 is 2.79 bits per heavy atom. The molecule has 8 nitrogen and oxygen atoms in total. The third-order valence-corrected chi connectivity index (χ3v) is 1.92. The van der Waals surface area contributed by atoms with Crippen LogP contribution in [0.2, 0.25) is 0 Å². The highest BCUT2D eigenvalue weighted by atomic mass is 19.1. The molecule has 0 aromatic carbocycles. The smallest absolute Gasteiger partial charge is 0.336 e. The second kappa shape index (κ2) is 5.76. The van der Waals surface area contributed by atoms with Gasteiger partial charge in [-0.3, -0.25) is 4.79 Å². The average Bonchev–Trinajstić information content (AvgIpc) is 2.34. The summed E-state index contributed by atoms with van der Waals surface area (Å²) in [4.78, 5) is 46.8. The Bertz CT molecular complexity index is 633. The molecule has 1 unspecified atom stereocenters. The van der Waals surface area contributed by atoms with E-state index in [-0.39, 0.29) is 4.57 Å². The van der Waals surface area contributed by atoms with E-state index in [4.69, 9.17) is 0 Å². The quantitative estimate of drug-likeness (QED) is 0.429. The van der Waals surface area contributed by atoms with Crippen molar-refractivity contribution in [2.24, 2.45) is 0 Å². The van der Waals surface area contributed by atoms with Crippen LogP contribution in [0.4, 0.5) is 9.18 Å². The maximum atomic E-state index is 12.9. The summed E-state index contributed by atoms with van der Waals surface area (Å²) in [7, 11) is 0. The molecule has 102 valence electrons. The van der Waals surface area contributed by atoms with E-state index in [1.165, 1.54) is 6.92 Å². The number of nitrogens with zero attached hydrogens (tertiary/aromatic N) is 1. The molecule has 1 aromatic heterocycles. The van der Waals surface area contributed by atoms with Crippen LogP contribution in [0.5, 0.6) is 0 Å². The van der Waals surface area contributed by atoms with E-state index in [1.54, 1.807) is 0 Å². The second-order valence-corrected chi connectivity index (χ2v) is 3.32. The number of carbonyl (C=O) groups excluding carboxylic acids is 2. The van der Waals surface area contributed by atoms with Gasteiger partial charge < -0.3 is 15.0 Å². The van der Waals surface area contributed by atoms with Crippen molar-refractivity contribution in [1.29, 1.82) is 0 Å². The summed E-state index contributed by atoms with van der Waals surface area (Å²) in [6, 6.07) is -1.23. The zero-order chi connectivity index (χ0) is 14.6. The zero-order valence-corrected chi connectivity index (χ0v) is 9.81. The lowest BCUT2D eigenvalue weighted by molar-refractivity contribution is -0.142. The minimum atomic E-state index is -1.41. The minimum absolute atomic E-state index is 0.00752. The summed E-state index contributed by atoms with van der Waals surface area (Å²) in [5, 5.41) is 2.02. The number of ether oxygens (including phenoxy) is 1. The fourth-order valence-corrected chi connectivity index (χ4v) is 1.13. The number of H-pyrrole nitrogens is 1. The molecule has 0 fully saturated rings. The molecule has 0 aliphatic rings. The average molecular weight is 271 g/mol. The predicted octanol–water partition coefficient (Wildman–Crippen LogP) is -0.691. The van der Waals surface area contributed by atoms with Crippen molar-refractivity contribution in [3.05, 3.63) is 45.5 Å². The molecule has 0 saturated heterocycles. The molecule has 1 atom stereocenters. The predicted molar refractivity (Wildman–Crippen MR) is 61.0 cm³/mol. The normalized spacial score (nSPS) is 11.5. The molecule has 0 bridgehead atoms. The molecule has 1 heterocycles. The van der Waals surface area contributed by atoms with Gasteiger partial charge in [0.2, 0.25) is 5.82 Å². The maximum absolute atomic E-state index is 12.9. The summed E-state index contributed by atoms with van der Waals surface area (Å²) < 4.78 is 17.5. The number of esters is 1. The fraction of sp³-hybridized carbons (Fsp3) is 0.200. The third kappa shape index (κ3) is 3.37. The number of halogens is 1. The van der Waals surface area contributed by atoms with Gasteiger partial charge in [-0.05, 0) is 6.92 Å². The first-order valence-electron chi connectivity index (χ1n) is 5.01. The van der Waals surface area contributed by atoms with E-state index in [0.29, 0.717) is 6.20 Å². The van der Waals surface area contributed by atoms with Gasteiger partial charge in [0.1, 0.15) is 0 Å². The number of rotatable bonds is 3. The largest absolute Gasteiger partial charge is 0.439 e. The molecule has 0 aliphatic carbocycles. The maximum Gasteiger partial charge on any atom is 0.336 e. The molecule has 1 rings (SSSR count). The van der Waals surface area contributed by atoms with Gasteiger partial charge in [0.05, 0.1) is 0 Å². The fourth-order valence-electron chi connectivity index (χ4n) is 1.13. The third-order valence-electron chi connectivity index (χ3n) is 1.92. The summed E-state index contributed by atoms with van der Waals surface area (Å²) >= 11 is 0. The van der Waals surface area contributed by atoms with E-state index < -0.39 is 35.3 Å². The molecular formula is C10H10FN3O5. The number of hydrogen-bond donors (Lipinski definition) is 2. The topological polar surface area (TPSA) is 110 Å². The standard InChI is InChI=1S/C10H10FN3O5/c1-3-7(15)19-5(2)13-10(18)14-8(16)6(11)4-12-9(14)17/h3-5H,1H2,2H3,(H,12,17)(H,13,18). The van der Waals surface area contributed by atoms with Crippen LogP contribution >= 0.6 is 0 Å². The lowest BCUT2D eigenvalue weighted by atomic mass is 10.5. The molecule has 0 aliphatic heterocycles. The van der Waals surface area contributed by atoms with Gasteiger partial charge >= 0.3 is 23.2 Å². The Labute approximate surface area is 105 Å². The Hall–Kier alpha value is -2.71. The highest BCUT2D eigenvalue weighted by Crippen LogP contribution is 1.89. The van der Waals surface area contributed by atoms with Gasteiger partial charge in [-0.25, -0.2) is 14.4 Å². The molecule has 0 radical (unpaired) electrons.